The third kappa shape index (κ3) is 7.91. The summed E-state index contributed by atoms with van der Waals surface area (Å²) in [4.78, 5) is 29.9. The fraction of sp³-hybridized carbons (Fsp3) is 0.278. The Morgan fingerprint density at radius 2 is 1.77 bits per heavy atom. The van der Waals surface area contributed by atoms with Gasteiger partial charge in [-0.05, 0) is 48.9 Å². The minimum Gasteiger partial charge on any atom is -0.488 e. The Kier molecular flexibility index (Phi) is 9.55. The Labute approximate surface area is 278 Å². The zero-order valence-electron chi connectivity index (χ0n) is 27.4. The lowest BCUT2D eigenvalue weighted by atomic mass is 9.92. The van der Waals surface area contributed by atoms with Crippen LogP contribution < -0.4 is 26.0 Å². The molecule has 1 aliphatic rings. The van der Waals surface area contributed by atoms with Crippen molar-refractivity contribution in [3.05, 3.63) is 102 Å². The van der Waals surface area contributed by atoms with E-state index >= 15 is 0 Å². The van der Waals surface area contributed by atoms with Crippen LogP contribution in [-0.4, -0.2) is 52.9 Å². The van der Waals surface area contributed by atoms with E-state index in [9.17, 15) is 9.59 Å². The van der Waals surface area contributed by atoms with Crippen molar-refractivity contribution in [3.8, 4) is 11.4 Å². The number of carbonyl (C=O) groups excluding carboxylic acids is 2. The summed E-state index contributed by atoms with van der Waals surface area (Å²) < 4.78 is 18.6. The number of aromatic nitrogens is 3. The van der Waals surface area contributed by atoms with Gasteiger partial charge >= 0.3 is 12.1 Å². The van der Waals surface area contributed by atoms with E-state index in [1.807, 2.05) is 79.7 Å². The number of pyridine rings is 1. The maximum absolute atomic E-state index is 13.4. The number of benzene rings is 3. The number of morpholine rings is 1. The molecule has 0 saturated carbocycles. The van der Waals surface area contributed by atoms with Gasteiger partial charge in [0.15, 0.2) is 6.23 Å². The average Bonchev–Trinajstić information content (AvgIpc) is 3.49. The molecule has 3 amide bonds. The number of nitrogens with one attached hydrogen (secondary N) is 4. The first-order chi connectivity index (χ1) is 23.1. The number of carbonyl (C=O) groups is 2. The molecule has 0 aliphatic carbocycles. The number of hydrogen-bond donors (Lipinski definition) is 4. The second-order valence-corrected chi connectivity index (χ2v) is 12.5. The van der Waals surface area contributed by atoms with Crippen LogP contribution in [0.25, 0.3) is 16.5 Å². The van der Waals surface area contributed by atoms with Crippen molar-refractivity contribution in [2.24, 2.45) is 0 Å². The fourth-order valence-corrected chi connectivity index (χ4v) is 5.17. The molecule has 12 nitrogen and oxygen atoms in total. The van der Waals surface area contributed by atoms with Gasteiger partial charge in [-0.25, -0.2) is 19.3 Å². The smallest absolute Gasteiger partial charge is 0.414 e. The molecule has 48 heavy (non-hydrogen) atoms. The van der Waals surface area contributed by atoms with Gasteiger partial charge in [0.1, 0.15) is 24.0 Å². The number of nitrogens with zero attached hydrogens (tertiary/aromatic N) is 3. The van der Waals surface area contributed by atoms with Gasteiger partial charge in [-0.15, -0.1) is 0 Å². The highest BCUT2D eigenvalue weighted by atomic mass is 16.6. The molecule has 1 atom stereocenters. The summed E-state index contributed by atoms with van der Waals surface area (Å²) in [6, 6.07) is 24.4. The Bertz CT molecular complexity index is 1910. The minimum atomic E-state index is -0.629. The number of hydrogen-bond acceptors (Lipinski definition) is 8. The van der Waals surface area contributed by atoms with Crippen LogP contribution in [0.15, 0.2) is 85.1 Å². The van der Waals surface area contributed by atoms with Crippen LogP contribution in [0.5, 0.6) is 5.75 Å². The van der Waals surface area contributed by atoms with Crippen molar-refractivity contribution in [2.45, 2.75) is 45.9 Å². The van der Waals surface area contributed by atoms with Crippen LogP contribution in [0, 0.1) is 6.92 Å². The van der Waals surface area contributed by atoms with E-state index in [0.29, 0.717) is 42.8 Å². The highest BCUT2D eigenvalue weighted by molar-refractivity contribution is 6.07. The summed E-state index contributed by atoms with van der Waals surface area (Å²) in [5.74, 6) is 1.54. The molecule has 12 heteroatoms. The van der Waals surface area contributed by atoms with Gasteiger partial charge in [-0.3, -0.25) is 16.0 Å². The summed E-state index contributed by atoms with van der Waals surface area (Å²) in [6.45, 7) is 9.99. The molecular weight excluding hydrogens is 610 g/mol. The Hall–Kier alpha value is -5.46. The lowest BCUT2D eigenvalue weighted by Gasteiger charge is -2.23. The third-order valence-corrected chi connectivity index (χ3v) is 7.72. The molecule has 5 aromatic rings. The van der Waals surface area contributed by atoms with Crippen molar-refractivity contribution in [3.63, 3.8) is 0 Å². The molecule has 1 aliphatic heterocycles. The fourth-order valence-electron chi connectivity index (χ4n) is 5.17. The standard InChI is InChI=1S/C36H39N7O5/c1-23-9-11-25(12-10-23)43-32(20-30(42-43)36(2,3)4)41-34(44)39-28-13-14-29(27-8-6-5-7-26(27)28)47-21-24-15-16-37-31(19-24)40-35(45)48-33-22-46-18-17-38-33/h5-16,19-20,33,38H,17-18,21-22H2,1-4H3,(H,37,40,45)(H2,39,41,44)/t33-/m0/s1. The quantitative estimate of drug-likeness (QED) is 0.145. The van der Waals surface area contributed by atoms with Crippen molar-refractivity contribution in [1.29, 1.82) is 0 Å². The Balaban J connectivity index is 1.14. The number of ether oxygens (including phenoxy) is 3. The Morgan fingerprint density at radius 1 is 0.979 bits per heavy atom. The molecule has 248 valence electrons. The molecular formula is C36H39N7O5. The maximum atomic E-state index is 13.4. The van der Waals surface area contributed by atoms with Crippen LogP contribution in [0.2, 0.25) is 0 Å². The first-order valence-electron chi connectivity index (χ1n) is 15.8. The van der Waals surface area contributed by atoms with Gasteiger partial charge in [0, 0.05) is 35.0 Å². The largest absolute Gasteiger partial charge is 0.488 e. The summed E-state index contributed by atoms with van der Waals surface area (Å²) >= 11 is 0. The molecule has 1 fully saturated rings. The van der Waals surface area contributed by atoms with Gasteiger partial charge in [-0.1, -0.05) is 62.7 Å². The first kappa shape index (κ1) is 32.5. The van der Waals surface area contributed by atoms with E-state index in [4.69, 9.17) is 19.3 Å². The van der Waals surface area contributed by atoms with Crippen LogP contribution >= 0.6 is 0 Å². The molecule has 0 unspecified atom stereocenters. The highest BCUT2D eigenvalue weighted by Crippen LogP contribution is 2.33. The molecule has 1 saturated heterocycles. The van der Waals surface area contributed by atoms with Crippen LogP contribution in [0.3, 0.4) is 0 Å². The van der Waals surface area contributed by atoms with Crippen molar-refractivity contribution < 1.29 is 23.8 Å². The van der Waals surface area contributed by atoms with E-state index in [1.165, 1.54) is 0 Å². The monoisotopic (exact) mass is 649 g/mol. The van der Waals surface area contributed by atoms with E-state index < -0.39 is 18.4 Å². The average molecular weight is 650 g/mol. The van der Waals surface area contributed by atoms with Crippen molar-refractivity contribution in [1.82, 2.24) is 20.1 Å². The maximum Gasteiger partial charge on any atom is 0.414 e. The van der Waals surface area contributed by atoms with Gasteiger partial charge in [-0.2, -0.15) is 5.10 Å². The molecule has 4 N–H and O–H groups in total. The van der Waals surface area contributed by atoms with E-state index in [0.717, 1.165) is 33.3 Å². The molecule has 0 spiro atoms. The SMILES string of the molecule is Cc1ccc(-n2nc(C(C)(C)C)cc2NC(=O)Nc2ccc(OCc3ccnc(NC(=O)O[C@H]4COCCN4)c3)c3ccccc23)cc1. The number of rotatable bonds is 8. The second-order valence-electron chi connectivity index (χ2n) is 12.5. The molecule has 3 aromatic carbocycles. The van der Waals surface area contributed by atoms with Crippen LogP contribution in [-0.2, 0) is 21.5 Å². The van der Waals surface area contributed by atoms with Gasteiger partial charge < -0.3 is 19.5 Å². The topological polar surface area (TPSA) is 141 Å². The first-order valence-corrected chi connectivity index (χ1v) is 15.8. The second kappa shape index (κ2) is 14.1. The number of aryl methyl sites for hydroxylation is 1. The molecule has 3 heterocycles. The Morgan fingerprint density at radius 3 is 2.52 bits per heavy atom. The summed E-state index contributed by atoms with van der Waals surface area (Å²) in [5, 5.41) is 18.2. The zero-order chi connectivity index (χ0) is 33.7. The number of anilines is 3. The molecule has 2 aromatic heterocycles. The minimum absolute atomic E-state index is 0.211. The summed E-state index contributed by atoms with van der Waals surface area (Å²) in [5.41, 5.74) is 4.05. The number of amides is 3. The number of fused-ring (bicyclic) bond motifs is 1. The molecule has 6 rings (SSSR count). The zero-order valence-corrected chi connectivity index (χ0v) is 27.4. The van der Waals surface area contributed by atoms with Crippen molar-refractivity contribution in [2.75, 3.05) is 35.7 Å². The summed E-state index contributed by atoms with van der Waals surface area (Å²) in [7, 11) is 0. The molecule has 0 bridgehead atoms. The van der Waals surface area contributed by atoms with Crippen LogP contribution in [0.1, 0.15) is 37.6 Å². The summed E-state index contributed by atoms with van der Waals surface area (Å²) in [6.07, 6.45) is 0.455. The molecule has 0 radical (unpaired) electrons. The third-order valence-electron chi connectivity index (χ3n) is 7.72. The normalized spacial score (nSPS) is 14.7. The van der Waals surface area contributed by atoms with Gasteiger partial charge in [0.2, 0.25) is 0 Å². The van der Waals surface area contributed by atoms with Crippen molar-refractivity contribution >= 4 is 40.2 Å². The van der Waals surface area contributed by atoms with E-state index in [-0.39, 0.29) is 12.0 Å². The predicted octanol–water partition coefficient (Wildman–Crippen LogP) is 6.74. The van der Waals surface area contributed by atoms with Gasteiger partial charge in [0.05, 0.1) is 30.3 Å². The highest BCUT2D eigenvalue weighted by Gasteiger charge is 2.22. The lowest BCUT2D eigenvalue weighted by molar-refractivity contribution is -0.0224. The number of urea groups is 1. The van der Waals surface area contributed by atoms with Gasteiger partial charge in [0.25, 0.3) is 0 Å². The van der Waals surface area contributed by atoms with Crippen LogP contribution in [0.4, 0.5) is 26.9 Å². The lowest BCUT2D eigenvalue weighted by Crippen LogP contribution is -2.44. The van der Waals surface area contributed by atoms with E-state index in [1.54, 1.807) is 16.9 Å². The van der Waals surface area contributed by atoms with E-state index in [2.05, 4.69) is 47.0 Å². The predicted molar refractivity (Wildman–Crippen MR) is 185 cm³/mol.